The lowest BCUT2D eigenvalue weighted by Gasteiger charge is -2.28. The molecule has 24 heavy (non-hydrogen) atoms. The zero-order valence-electron chi connectivity index (χ0n) is 14.4. The molecule has 2 unspecified atom stereocenters. The molecule has 2 rings (SSSR count). The Balaban J connectivity index is 2.12. The molecule has 1 saturated carbocycles. The van der Waals surface area contributed by atoms with Crippen LogP contribution in [0.3, 0.4) is 0 Å². The van der Waals surface area contributed by atoms with Crippen LogP contribution in [0.5, 0.6) is 0 Å². The highest BCUT2D eigenvalue weighted by atomic mass is 19.1. The fourth-order valence-electron chi connectivity index (χ4n) is 2.62. The van der Waals surface area contributed by atoms with E-state index in [9.17, 15) is 19.1 Å². The average molecular weight is 336 g/mol. The predicted octanol–water partition coefficient (Wildman–Crippen LogP) is 2.84. The van der Waals surface area contributed by atoms with Crippen LogP contribution in [-0.4, -0.2) is 29.1 Å². The summed E-state index contributed by atoms with van der Waals surface area (Å²) in [6, 6.07) is 3.54. The van der Waals surface area contributed by atoms with Crippen molar-refractivity contribution in [1.29, 1.82) is 0 Å². The minimum Gasteiger partial charge on any atom is -0.391 e. The fourth-order valence-corrected chi connectivity index (χ4v) is 2.62. The fraction of sp³-hybridized carbons (Fsp3) is 0.556. The molecule has 2 atom stereocenters. The molecule has 3 N–H and O–H groups in total. The van der Waals surface area contributed by atoms with Crippen molar-refractivity contribution < 1.29 is 19.1 Å². The van der Waals surface area contributed by atoms with E-state index in [1.807, 2.05) is 0 Å². The number of aliphatic hydroxyl groups excluding tert-OH is 1. The number of anilines is 1. The molecule has 6 heteroatoms. The van der Waals surface area contributed by atoms with E-state index in [1.165, 1.54) is 12.1 Å². The molecule has 0 saturated heterocycles. The number of hydrogen-bond acceptors (Lipinski definition) is 3. The molecular formula is C18H25FN2O3. The number of nitrogens with one attached hydrogen (secondary N) is 2. The smallest absolute Gasteiger partial charge is 0.254 e. The largest absolute Gasteiger partial charge is 0.391 e. The van der Waals surface area contributed by atoms with Crippen LogP contribution in [0.2, 0.25) is 0 Å². The number of rotatable bonds is 3. The highest BCUT2D eigenvalue weighted by molar-refractivity contribution is 5.98. The normalized spacial score (nSPS) is 21.2. The maximum atomic E-state index is 14.0. The van der Waals surface area contributed by atoms with Gasteiger partial charge in [-0.25, -0.2) is 4.39 Å². The molecule has 0 aliphatic heterocycles. The third kappa shape index (κ3) is 4.54. The molecule has 1 fully saturated rings. The van der Waals surface area contributed by atoms with Gasteiger partial charge in [-0.1, -0.05) is 33.6 Å². The van der Waals surface area contributed by atoms with Crippen molar-refractivity contribution in [3.63, 3.8) is 0 Å². The van der Waals surface area contributed by atoms with Gasteiger partial charge in [-0.3, -0.25) is 9.59 Å². The van der Waals surface area contributed by atoms with Gasteiger partial charge in [0.25, 0.3) is 5.91 Å². The standard InChI is InChI=1S/C18H25FN2O3/c1-18(2,3)17(24)20-11-8-9-13(19)12(10-11)16(23)21-14-6-4-5-7-15(14)22/h8-10,14-15,22H,4-7H2,1-3H3,(H,20,24)(H,21,23). The number of aliphatic hydroxyl groups is 1. The minimum absolute atomic E-state index is 0.139. The Bertz CT molecular complexity index is 625. The minimum atomic E-state index is -0.661. The van der Waals surface area contributed by atoms with Crippen LogP contribution in [-0.2, 0) is 4.79 Å². The van der Waals surface area contributed by atoms with Crippen LogP contribution in [0.1, 0.15) is 56.8 Å². The summed E-state index contributed by atoms with van der Waals surface area (Å²) < 4.78 is 14.0. The van der Waals surface area contributed by atoms with E-state index in [-0.39, 0.29) is 17.5 Å². The first kappa shape index (κ1) is 18.4. The molecule has 1 aromatic carbocycles. The number of benzene rings is 1. The van der Waals surface area contributed by atoms with Crippen LogP contribution in [0.15, 0.2) is 18.2 Å². The second-order valence-electron chi connectivity index (χ2n) is 7.33. The van der Waals surface area contributed by atoms with Crippen LogP contribution < -0.4 is 10.6 Å². The molecule has 1 aliphatic carbocycles. The van der Waals surface area contributed by atoms with E-state index < -0.39 is 23.2 Å². The van der Waals surface area contributed by atoms with Gasteiger partial charge in [0.2, 0.25) is 5.91 Å². The lowest BCUT2D eigenvalue weighted by atomic mass is 9.92. The molecule has 5 nitrogen and oxygen atoms in total. The first-order valence-corrected chi connectivity index (χ1v) is 8.28. The van der Waals surface area contributed by atoms with Gasteiger partial charge in [0, 0.05) is 11.1 Å². The Hall–Kier alpha value is -1.95. The van der Waals surface area contributed by atoms with Gasteiger partial charge in [0.05, 0.1) is 17.7 Å². The first-order chi connectivity index (χ1) is 11.2. The van der Waals surface area contributed by atoms with E-state index in [0.29, 0.717) is 18.5 Å². The molecule has 2 amide bonds. The first-order valence-electron chi connectivity index (χ1n) is 8.28. The average Bonchev–Trinajstić information content (AvgIpc) is 2.50. The molecule has 132 valence electrons. The summed E-state index contributed by atoms with van der Waals surface area (Å²) in [5, 5.41) is 15.3. The van der Waals surface area contributed by atoms with Crippen molar-refractivity contribution in [2.24, 2.45) is 5.41 Å². The number of halogens is 1. The number of carbonyl (C=O) groups excluding carboxylic acids is 2. The Morgan fingerprint density at radius 3 is 2.50 bits per heavy atom. The molecule has 0 radical (unpaired) electrons. The van der Waals surface area contributed by atoms with Gasteiger partial charge in [-0.15, -0.1) is 0 Å². The van der Waals surface area contributed by atoms with E-state index >= 15 is 0 Å². The molecule has 0 spiro atoms. The number of hydrogen-bond donors (Lipinski definition) is 3. The van der Waals surface area contributed by atoms with Crippen molar-refractivity contribution in [2.75, 3.05) is 5.32 Å². The van der Waals surface area contributed by atoms with E-state index in [2.05, 4.69) is 10.6 Å². The lowest BCUT2D eigenvalue weighted by molar-refractivity contribution is -0.123. The van der Waals surface area contributed by atoms with Gasteiger partial charge in [0.15, 0.2) is 0 Å². The Labute approximate surface area is 141 Å². The topological polar surface area (TPSA) is 78.4 Å². The van der Waals surface area contributed by atoms with Crippen LogP contribution in [0.25, 0.3) is 0 Å². The van der Waals surface area contributed by atoms with E-state index in [1.54, 1.807) is 20.8 Å². The van der Waals surface area contributed by atoms with Gasteiger partial charge < -0.3 is 15.7 Å². The van der Waals surface area contributed by atoms with Gasteiger partial charge >= 0.3 is 0 Å². The van der Waals surface area contributed by atoms with Crippen LogP contribution in [0.4, 0.5) is 10.1 Å². The third-order valence-electron chi connectivity index (χ3n) is 4.20. The monoisotopic (exact) mass is 336 g/mol. The Kier molecular flexibility index (Phi) is 5.59. The third-order valence-corrected chi connectivity index (χ3v) is 4.20. The van der Waals surface area contributed by atoms with Crippen molar-refractivity contribution in [1.82, 2.24) is 5.32 Å². The molecular weight excluding hydrogens is 311 g/mol. The summed E-state index contributed by atoms with van der Waals surface area (Å²) >= 11 is 0. The highest BCUT2D eigenvalue weighted by Gasteiger charge is 2.26. The zero-order valence-corrected chi connectivity index (χ0v) is 14.4. The molecule has 0 heterocycles. The predicted molar refractivity (Wildman–Crippen MR) is 90.2 cm³/mol. The molecule has 1 aromatic rings. The second kappa shape index (κ2) is 7.30. The maximum Gasteiger partial charge on any atom is 0.254 e. The molecule has 0 bridgehead atoms. The van der Waals surface area contributed by atoms with E-state index in [4.69, 9.17) is 0 Å². The highest BCUT2D eigenvalue weighted by Crippen LogP contribution is 2.22. The summed E-state index contributed by atoms with van der Waals surface area (Å²) in [5.74, 6) is -1.46. The van der Waals surface area contributed by atoms with Crippen molar-refractivity contribution in [3.8, 4) is 0 Å². The van der Waals surface area contributed by atoms with E-state index in [0.717, 1.165) is 18.9 Å². The Morgan fingerprint density at radius 1 is 1.21 bits per heavy atom. The van der Waals surface area contributed by atoms with Gasteiger partial charge in [-0.05, 0) is 31.0 Å². The molecule has 0 aromatic heterocycles. The van der Waals surface area contributed by atoms with Crippen molar-refractivity contribution in [2.45, 2.75) is 58.6 Å². The summed E-state index contributed by atoms with van der Waals surface area (Å²) in [6.07, 6.45) is 2.56. The summed E-state index contributed by atoms with van der Waals surface area (Å²) in [6.45, 7) is 5.30. The van der Waals surface area contributed by atoms with Crippen LogP contribution >= 0.6 is 0 Å². The molecule has 1 aliphatic rings. The summed E-state index contributed by atoms with van der Waals surface area (Å²) in [5.41, 5.74) is -0.367. The van der Waals surface area contributed by atoms with Crippen molar-refractivity contribution >= 4 is 17.5 Å². The lowest BCUT2D eigenvalue weighted by Crippen LogP contribution is -2.45. The second-order valence-corrected chi connectivity index (χ2v) is 7.33. The maximum absolute atomic E-state index is 14.0. The van der Waals surface area contributed by atoms with Gasteiger partial charge in [-0.2, -0.15) is 0 Å². The SMILES string of the molecule is CC(C)(C)C(=O)Nc1ccc(F)c(C(=O)NC2CCCCC2O)c1. The quantitative estimate of drug-likeness (QED) is 0.794. The Morgan fingerprint density at radius 2 is 1.88 bits per heavy atom. The summed E-state index contributed by atoms with van der Waals surface area (Å²) in [7, 11) is 0. The van der Waals surface area contributed by atoms with Gasteiger partial charge in [0.1, 0.15) is 5.82 Å². The number of amides is 2. The number of carbonyl (C=O) groups is 2. The zero-order chi connectivity index (χ0) is 17.9. The van der Waals surface area contributed by atoms with Crippen LogP contribution in [0, 0.1) is 11.2 Å². The summed E-state index contributed by atoms with van der Waals surface area (Å²) in [4.78, 5) is 24.4. The van der Waals surface area contributed by atoms with Crippen molar-refractivity contribution in [3.05, 3.63) is 29.6 Å².